The lowest BCUT2D eigenvalue weighted by atomic mass is 10.1. The molecule has 150 valence electrons. The highest BCUT2D eigenvalue weighted by atomic mass is 35.5. The molecule has 1 amide bonds. The predicted molar refractivity (Wildman–Crippen MR) is 109 cm³/mol. The average molecular weight is 424 g/mol. The Hall–Kier alpha value is -2.13. The van der Waals surface area contributed by atoms with E-state index in [0.29, 0.717) is 29.5 Å². The van der Waals surface area contributed by atoms with Gasteiger partial charge in [-0.05, 0) is 36.2 Å². The van der Waals surface area contributed by atoms with Gasteiger partial charge in [-0.1, -0.05) is 35.9 Å². The third-order valence-electron chi connectivity index (χ3n) is 4.61. The maximum absolute atomic E-state index is 12.8. The fourth-order valence-corrected chi connectivity index (χ4v) is 4.81. The molecular formula is C19H22ClN3O4S. The normalized spacial score (nSPS) is 16.8. The molecular weight excluding hydrogens is 402 g/mol. The van der Waals surface area contributed by atoms with Crippen molar-refractivity contribution in [2.75, 3.05) is 32.1 Å². The van der Waals surface area contributed by atoms with Crippen LogP contribution in [0.25, 0.3) is 0 Å². The number of benzene rings is 2. The second-order valence-corrected chi connectivity index (χ2v) is 8.83. The van der Waals surface area contributed by atoms with E-state index < -0.39 is 16.1 Å². The molecule has 1 N–H and O–H groups in total. The molecule has 1 saturated heterocycles. The van der Waals surface area contributed by atoms with Crippen LogP contribution in [0.3, 0.4) is 0 Å². The minimum absolute atomic E-state index is 0.254. The topological polar surface area (TPSA) is 79.0 Å². The van der Waals surface area contributed by atoms with Gasteiger partial charge in [0.15, 0.2) is 0 Å². The number of amides is 1. The molecule has 0 saturated carbocycles. The number of carbonyl (C=O) groups excluding carboxylic acids is 1. The number of methoxy groups -OCH3 is 1. The zero-order valence-electron chi connectivity index (χ0n) is 15.7. The van der Waals surface area contributed by atoms with Gasteiger partial charge >= 0.3 is 0 Å². The maximum atomic E-state index is 12.8. The molecule has 2 aromatic carbocycles. The predicted octanol–water partition coefficient (Wildman–Crippen LogP) is 2.66. The summed E-state index contributed by atoms with van der Waals surface area (Å²) in [5, 5.41) is 3.03. The fourth-order valence-electron chi connectivity index (χ4n) is 3.02. The van der Waals surface area contributed by atoms with Crippen LogP contribution < -0.4 is 10.1 Å². The Balaban J connectivity index is 1.64. The summed E-state index contributed by atoms with van der Waals surface area (Å²) in [6.45, 7) is 2.60. The maximum Gasteiger partial charge on any atom is 0.282 e. The van der Waals surface area contributed by atoms with Crippen molar-refractivity contribution in [3.05, 3.63) is 58.6 Å². The van der Waals surface area contributed by atoms with Crippen LogP contribution in [-0.4, -0.2) is 49.7 Å². The van der Waals surface area contributed by atoms with Crippen LogP contribution in [0.1, 0.15) is 11.1 Å². The second kappa shape index (κ2) is 8.48. The Morgan fingerprint density at radius 3 is 2.57 bits per heavy atom. The van der Waals surface area contributed by atoms with Crippen LogP contribution in [0.5, 0.6) is 5.75 Å². The van der Waals surface area contributed by atoms with Crippen LogP contribution >= 0.6 is 11.6 Å². The molecule has 0 unspecified atom stereocenters. The number of nitrogens with one attached hydrogen (secondary N) is 1. The summed E-state index contributed by atoms with van der Waals surface area (Å²) in [6, 6.07) is 12.5. The molecule has 0 radical (unpaired) electrons. The third kappa shape index (κ3) is 4.47. The summed E-state index contributed by atoms with van der Waals surface area (Å²) in [5.74, 6) is 0.0659. The van der Waals surface area contributed by atoms with Gasteiger partial charge in [0.05, 0.1) is 18.7 Å². The number of hydrogen-bond acceptors (Lipinski definition) is 4. The molecule has 0 bridgehead atoms. The number of ether oxygens (including phenoxy) is 1. The van der Waals surface area contributed by atoms with Crippen molar-refractivity contribution >= 4 is 33.4 Å². The van der Waals surface area contributed by atoms with Crippen molar-refractivity contribution < 1.29 is 17.9 Å². The van der Waals surface area contributed by atoms with E-state index in [1.807, 2.05) is 31.2 Å². The zero-order chi connectivity index (χ0) is 20.3. The van der Waals surface area contributed by atoms with Gasteiger partial charge < -0.3 is 10.1 Å². The lowest BCUT2D eigenvalue weighted by molar-refractivity contribution is -0.116. The Labute approximate surface area is 170 Å². The van der Waals surface area contributed by atoms with Crippen molar-refractivity contribution in [2.24, 2.45) is 0 Å². The van der Waals surface area contributed by atoms with E-state index >= 15 is 0 Å². The number of hydrogen-bond donors (Lipinski definition) is 1. The lowest BCUT2D eigenvalue weighted by Gasteiger charge is -2.19. The Morgan fingerprint density at radius 2 is 1.89 bits per heavy atom. The first-order valence-corrected chi connectivity index (χ1v) is 10.5. The quantitative estimate of drug-likeness (QED) is 0.774. The molecule has 0 spiro atoms. The van der Waals surface area contributed by atoms with Crippen LogP contribution in [0.4, 0.5) is 5.69 Å². The number of nitrogens with zero attached hydrogens (tertiary/aromatic N) is 2. The molecule has 1 aliphatic heterocycles. The monoisotopic (exact) mass is 423 g/mol. The third-order valence-corrected chi connectivity index (χ3v) is 6.84. The van der Waals surface area contributed by atoms with E-state index in [2.05, 4.69) is 5.32 Å². The van der Waals surface area contributed by atoms with E-state index in [0.717, 1.165) is 11.1 Å². The highest BCUT2D eigenvalue weighted by molar-refractivity contribution is 7.87. The van der Waals surface area contributed by atoms with Crippen molar-refractivity contribution in [1.29, 1.82) is 0 Å². The summed E-state index contributed by atoms with van der Waals surface area (Å²) in [5.41, 5.74) is 2.46. The van der Waals surface area contributed by atoms with Gasteiger partial charge in [0.1, 0.15) is 5.75 Å². The van der Waals surface area contributed by atoms with E-state index in [9.17, 15) is 13.2 Å². The minimum atomic E-state index is -3.69. The summed E-state index contributed by atoms with van der Waals surface area (Å²) in [6.07, 6.45) is 0. The molecule has 0 atom stereocenters. The SMILES string of the molecule is COc1ccc(NC(=O)CN2CCN(Cc3ccccc3C)S2(=O)=O)cc1Cl. The van der Waals surface area contributed by atoms with Crippen molar-refractivity contribution in [3.8, 4) is 5.75 Å². The van der Waals surface area contributed by atoms with Crippen LogP contribution in [0.15, 0.2) is 42.5 Å². The van der Waals surface area contributed by atoms with E-state index in [4.69, 9.17) is 16.3 Å². The first kappa shape index (κ1) is 20.6. The standard InChI is InChI=1S/C19H22ClN3O4S/c1-14-5-3-4-6-15(14)12-22-9-10-23(28(22,25)26)13-19(24)21-16-7-8-18(27-2)17(20)11-16/h3-8,11H,9-10,12-13H2,1-2H3,(H,21,24). The number of anilines is 1. The zero-order valence-corrected chi connectivity index (χ0v) is 17.3. The number of halogens is 1. The van der Waals surface area contributed by atoms with Gasteiger partial charge in [0.25, 0.3) is 10.2 Å². The highest BCUT2D eigenvalue weighted by Crippen LogP contribution is 2.27. The first-order chi connectivity index (χ1) is 13.3. The van der Waals surface area contributed by atoms with Gasteiger partial charge in [-0.2, -0.15) is 17.0 Å². The summed E-state index contributed by atoms with van der Waals surface area (Å²) in [7, 11) is -2.19. The molecule has 2 aromatic rings. The van der Waals surface area contributed by atoms with Crippen LogP contribution in [-0.2, 0) is 21.5 Å². The van der Waals surface area contributed by atoms with Gasteiger partial charge in [0.2, 0.25) is 5.91 Å². The van der Waals surface area contributed by atoms with E-state index in [1.165, 1.54) is 15.7 Å². The molecule has 3 rings (SSSR count). The number of aryl methyl sites for hydroxylation is 1. The Bertz CT molecular complexity index is 981. The van der Waals surface area contributed by atoms with Gasteiger partial charge in [-0.25, -0.2) is 0 Å². The molecule has 28 heavy (non-hydrogen) atoms. The second-order valence-electron chi connectivity index (χ2n) is 6.50. The van der Waals surface area contributed by atoms with Gasteiger partial charge in [0, 0.05) is 25.3 Å². The molecule has 0 aromatic heterocycles. The van der Waals surface area contributed by atoms with E-state index in [-0.39, 0.29) is 13.1 Å². The molecule has 0 aliphatic carbocycles. The first-order valence-electron chi connectivity index (χ1n) is 8.74. The average Bonchev–Trinajstić information content (AvgIpc) is 2.91. The van der Waals surface area contributed by atoms with Crippen LogP contribution in [0, 0.1) is 6.92 Å². The van der Waals surface area contributed by atoms with Crippen molar-refractivity contribution in [2.45, 2.75) is 13.5 Å². The largest absolute Gasteiger partial charge is 0.495 e. The smallest absolute Gasteiger partial charge is 0.282 e. The van der Waals surface area contributed by atoms with Crippen molar-refractivity contribution in [1.82, 2.24) is 8.61 Å². The Morgan fingerprint density at radius 1 is 1.18 bits per heavy atom. The number of rotatable bonds is 6. The number of carbonyl (C=O) groups is 1. The molecule has 9 heteroatoms. The van der Waals surface area contributed by atoms with Crippen LogP contribution in [0.2, 0.25) is 5.02 Å². The van der Waals surface area contributed by atoms with Gasteiger partial charge in [-0.3, -0.25) is 4.79 Å². The molecule has 7 nitrogen and oxygen atoms in total. The summed E-state index contributed by atoms with van der Waals surface area (Å²) < 4.78 is 33.2. The lowest BCUT2D eigenvalue weighted by Crippen LogP contribution is -2.37. The Kier molecular flexibility index (Phi) is 6.24. The van der Waals surface area contributed by atoms with Crippen molar-refractivity contribution in [3.63, 3.8) is 0 Å². The minimum Gasteiger partial charge on any atom is -0.495 e. The molecule has 1 aliphatic rings. The molecule has 1 fully saturated rings. The molecule has 1 heterocycles. The fraction of sp³-hybridized carbons (Fsp3) is 0.316. The van der Waals surface area contributed by atoms with Gasteiger partial charge in [-0.15, -0.1) is 0 Å². The summed E-state index contributed by atoms with van der Waals surface area (Å²) >= 11 is 6.05. The summed E-state index contributed by atoms with van der Waals surface area (Å²) in [4.78, 5) is 12.3. The highest BCUT2D eigenvalue weighted by Gasteiger charge is 2.37. The van der Waals surface area contributed by atoms with E-state index in [1.54, 1.807) is 18.2 Å².